The molecule has 2 rings (SSSR count). The topological polar surface area (TPSA) is 70.2 Å². The molecule has 2 atom stereocenters. The molecule has 5 nitrogen and oxygen atoms in total. The normalized spacial score (nSPS) is 29.5. The van der Waals surface area contributed by atoms with Crippen LogP contribution in [0.4, 0.5) is 0 Å². The molecule has 20 heavy (non-hydrogen) atoms. The summed E-state index contributed by atoms with van der Waals surface area (Å²) in [6.07, 6.45) is 6.77. The maximum atomic E-state index is 12.7. The van der Waals surface area contributed by atoms with Gasteiger partial charge < -0.3 is 16.0 Å². The van der Waals surface area contributed by atoms with E-state index in [0.29, 0.717) is 6.04 Å². The highest BCUT2D eigenvalue weighted by Crippen LogP contribution is 2.29. The van der Waals surface area contributed by atoms with Crippen molar-refractivity contribution in [2.45, 2.75) is 76.4 Å². The van der Waals surface area contributed by atoms with E-state index in [1.807, 2.05) is 0 Å². The summed E-state index contributed by atoms with van der Waals surface area (Å²) in [7, 11) is 0. The molecule has 2 fully saturated rings. The largest absolute Gasteiger partial charge is 0.350 e. The molecule has 0 aromatic carbocycles. The van der Waals surface area contributed by atoms with Crippen molar-refractivity contribution in [3.05, 3.63) is 0 Å². The van der Waals surface area contributed by atoms with Crippen LogP contribution in [0.1, 0.15) is 58.8 Å². The molecule has 2 unspecified atom stereocenters. The summed E-state index contributed by atoms with van der Waals surface area (Å²) < 4.78 is 0. The van der Waals surface area contributed by atoms with E-state index < -0.39 is 5.54 Å². The van der Waals surface area contributed by atoms with Gasteiger partial charge in [0, 0.05) is 19.0 Å². The van der Waals surface area contributed by atoms with Crippen molar-refractivity contribution < 1.29 is 9.59 Å². The Kier molecular flexibility index (Phi) is 5.02. The fourth-order valence-corrected chi connectivity index (χ4v) is 3.45. The van der Waals surface area contributed by atoms with Crippen molar-refractivity contribution in [1.82, 2.24) is 16.0 Å². The molecule has 0 aromatic rings. The van der Waals surface area contributed by atoms with E-state index in [2.05, 4.69) is 22.9 Å². The van der Waals surface area contributed by atoms with Crippen LogP contribution in [0.15, 0.2) is 0 Å². The first-order valence-corrected chi connectivity index (χ1v) is 7.87. The summed E-state index contributed by atoms with van der Waals surface area (Å²) in [5.74, 6) is -0.107. The molecule has 2 aliphatic rings. The number of hydrogen-bond acceptors (Lipinski definition) is 3. The molecular formula is C15H27N3O2. The average molecular weight is 281 g/mol. The van der Waals surface area contributed by atoms with E-state index >= 15 is 0 Å². The lowest BCUT2D eigenvalue weighted by molar-refractivity contribution is -0.135. The second-order valence-electron chi connectivity index (χ2n) is 6.29. The predicted molar refractivity (Wildman–Crippen MR) is 78.3 cm³/mol. The number of carbonyl (C=O) groups excluding carboxylic acids is 2. The third-order valence-corrected chi connectivity index (χ3v) is 4.64. The van der Waals surface area contributed by atoms with Crippen LogP contribution in [0, 0.1) is 0 Å². The number of carbonyl (C=O) groups is 2. The molecule has 0 bridgehead atoms. The standard InChI is InChI=1S/C15H27N3O2/c1-11-13(7-6-10-16-11)17-14(20)15(18-12(2)19)8-4-3-5-9-15/h11,13,16H,3-10H2,1-2H3,(H,17,20)(H,18,19). The maximum absolute atomic E-state index is 12.7. The van der Waals surface area contributed by atoms with Gasteiger partial charge in [0.25, 0.3) is 0 Å². The first-order chi connectivity index (χ1) is 9.53. The summed E-state index contributed by atoms with van der Waals surface area (Å²) in [4.78, 5) is 24.2. The van der Waals surface area contributed by atoms with Crippen molar-refractivity contribution >= 4 is 11.8 Å². The minimum absolute atomic E-state index is 0.00736. The molecule has 2 amide bonds. The van der Waals surface area contributed by atoms with Gasteiger partial charge in [0.05, 0.1) is 0 Å². The molecule has 114 valence electrons. The Hall–Kier alpha value is -1.10. The van der Waals surface area contributed by atoms with Crippen LogP contribution in [0.3, 0.4) is 0 Å². The zero-order valence-corrected chi connectivity index (χ0v) is 12.6. The smallest absolute Gasteiger partial charge is 0.246 e. The molecule has 0 aromatic heterocycles. The first-order valence-electron chi connectivity index (χ1n) is 7.87. The van der Waals surface area contributed by atoms with Crippen molar-refractivity contribution in [2.75, 3.05) is 6.54 Å². The van der Waals surface area contributed by atoms with E-state index in [1.165, 1.54) is 6.92 Å². The van der Waals surface area contributed by atoms with Crippen LogP contribution in [0.5, 0.6) is 0 Å². The van der Waals surface area contributed by atoms with Gasteiger partial charge in [-0.25, -0.2) is 0 Å². The van der Waals surface area contributed by atoms with Crippen LogP contribution in [0.25, 0.3) is 0 Å². The molecule has 1 aliphatic carbocycles. The Labute approximate surface area is 121 Å². The van der Waals surface area contributed by atoms with Crippen molar-refractivity contribution in [3.63, 3.8) is 0 Å². The second kappa shape index (κ2) is 6.57. The Bertz CT molecular complexity index is 364. The van der Waals surface area contributed by atoms with Crippen molar-refractivity contribution in [3.8, 4) is 0 Å². The molecule has 1 aliphatic heterocycles. The molecule has 1 saturated heterocycles. The van der Waals surface area contributed by atoms with Gasteiger partial charge in [-0.3, -0.25) is 9.59 Å². The monoisotopic (exact) mass is 281 g/mol. The lowest BCUT2D eigenvalue weighted by atomic mass is 9.80. The Balaban J connectivity index is 2.03. The van der Waals surface area contributed by atoms with Gasteiger partial charge in [-0.15, -0.1) is 0 Å². The summed E-state index contributed by atoms with van der Waals surface area (Å²) in [6.45, 7) is 4.62. The van der Waals surface area contributed by atoms with E-state index in [0.717, 1.165) is 51.5 Å². The van der Waals surface area contributed by atoms with E-state index in [9.17, 15) is 9.59 Å². The highest BCUT2D eigenvalue weighted by molar-refractivity contribution is 5.91. The molecule has 1 heterocycles. The van der Waals surface area contributed by atoms with E-state index in [-0.39, 0.29) is 17.9 Å². The third-order valence-electron chi connectivity index (χ3n) is 4.64. The molecule has 1 saturated carbocycles. The zero-order chi connectivity index (χ0) is 14.6. The number of amides is 2. The second-order valence-corrected chi connectivity index (χ2v) is 6.29. The van der Waals surface area contributed by atoms with Gasteiger partial charge in [0.1, 0.15) is 5.54 Å². The minimum atomic E-state index is -0.679. The fraction of sp³-hybridized carbons (Fsp3) is 0.867. The van der Waals surface area contributed by atoms with Crippen LogP contribution < -0.4 is 16.0 Å². The average Bonchev–Trinajstić information content (AvgIpc) is 2.41. The summed E-state index contributed by atoms with van der Waals surface area (Å²) in [5, 5.41) is 9.49. The SMILES string of the molecule is CC(=O)NC1(C(=O)NC2CCCNC2C)CCCCC1. The van der Waals surface area contributed by atoms with Gasteiger partial charge in [-0.2, -0.15) is 0 Å². The van der Waals surface area contributed by atoms with Gasteiger partial charge in [-0.05, 0) is 39.2 Å². The zero-order valence-electron chi connectivity index (χ0n) is 12.6. The Morgan fingerprint density at radius 2 is 1.85 bits per heavy atom. The molecule has 3 N–H and O–H groups in total. The van der Waals surface area contributed by atoms with E-state index in [4.69, 9.17) is 0 Å². The van der Waals surface area contributed by atoms with Crippen molar-refractivity contribution in [2.24, 2.45) is 0 Å². The quantitative estimate of drug-likeness (QED) is 0.725. The lowest BCUT2D eigenvalue weighted by Crippen LogP contribution is -2.63. The lowest BCUT2D eigenvalue weighted by Gasteiger charge is -2.39. The van der Waals surface area contributed by atoms with Gasteiger partial charge in [-0.1, -0.05) is 19.3 Å². The summed E-state index contributed by atoms with van der Waals surface area (Å²) >= 11 is 0. The maximum Gasteiger partial charge on any atom is 0.246 e. The number of rotatable bonds is 3. The molecular weight excluding hydrogens is 254 g/mol. The third kappa shape index (κ3) is 3.51. The molecule has 0 spiro atoms. The van der Waals surface area contributed by atoms with Gasteiger partial charge in [0.15, 0.2) is 0 Å². The Morgan fingerprint density at radius 1 is 1.15 bits per heavy atom. The van der Waals surface area contributed by atoms with Crippen LogP contribution >= 0.6 is 0 Å². The first kappa shape index (κ1) is 15.3. The fourth-order valence-electron chi connectivity index (χ4n) is 3.45. The highest BCUT2D eigenvalue weighted by Gasteiger charge is 2.41. The van der Waals surface area contributed by atoms with Gasteiger partial charge >= 0.3 is 0 Å². The van der Waals surface area contributed by atoms with Gasteiger partial charge in [0.2, 0.25) is 11.8 Å². The summed E-state index contributed by atoms with van der Waals surface area (Å²) in [6, 6.07) is 0.467. The minimum Gasteiger partial charge on any atom is -0.350 e. The van der Waals surface area contributed by atoms with Crippen LogP contribution in [-0.2, 0) is 9.59 Å². The molecule has 0 radical (unpaired) electrons. The number of hydrogen-bond donors (Lipinski definition) is 3. The van der Waals surface area contributed by atoms with E-state index in [1.54, 1.807) is 0 Å². The highest BCUT2D eigenvalue weighted by atomic mass is 16.2. The number of piperidine rings is 1. The van der Waals surface area contributed by atoms with Crippen LogP contribution in [0.2, 0.25) is 0 Å². The van der Waals surface area contributed by atoms with Crippen molar-refractivity contribution in [1.29, 1.82) is 0 Å². The number of nitrogens with one attached hydrogen (secondary N) is 3. The predicted octanol–water partition coefficient (Wildman–Crippen LogP) is 1.08. The Morgan fingerprint density at radius 3 is 2.45 bits per heavy atom. The van der Waals surface area contributed by atoms with Crippen LogP contribution in [-0.4, -0.2) is 36.0 Å². The summed E-state index contributed by atoms with van der Waals surface area (Å²) in [5.41, 5.74) is -0.679. The molecule has 5 heteroatoms.